The SMILES string of the molecule is CO[C@@H]1CC(=O)O[C@@H](C)CCCCC[C@H](O)C1=O. The monoisotopic (exact) mass is 258 g/mol. The first-order chi connectivity index (χ1) is 8.54. The number of ether oxygens (including phenoxy) is 2. The summed E-state index contributed by atoms with van der Waals surface area (Å²) in [5.41, 5.74) is 0. The Labute approximate surface area is 107 Å². The molecule has 0 radical (unpaired) electrons. The van der Waals surface area contributed by atoms with E-state index < -0.39 is 24.0 Å². The van der Waals surface area contributed by atoms with Gasteiger partial charge in [-0.3, -0.25) is 9.59 Å². The number of carbonyl (C=O) groups excluding carboxylic acids is 2. The third kappa shape index (κ3) is 4.74. The molecule has 1 aliphatic rings. The van der Waals surface area contributed by atoms with Crippen LogP contribution < -0.4 is 0 Å². The van der Waals surface area contributed by atoms with Crippen LogP contribution in [0.5, 0.6) is 0 Å². The normalized spacial score (nSPS) is 32.3. The van der Waals surface area contributed by atoms with Gasteiger partial charge in [0.2, 0.25) is 0 Å². The van der Waals surface area contributed by atoms with Gasteiger partial charge in [-0.1, -0.05) is 12.8 Å². The molecule has 104 valence electrons. The van der Waals surface area contributed by atoms with Crippen molar-refractivity contribution in [3.05, 3.63) is 0 Å². The van der Waals surface area contributed by atoms with E-state index in [0.29, 0.717) is 6.42 Å². The Morgan fingerprint density at radius 2 is 1.89 bits per heavy atom. The van der Waals surface area contributed by atoms with Crippen molar-refractivity contribution in [1.29, 1.82) is 0 Å². The summed E-state index contributed by atoms with van der Waals surface area (Å²) in [5, 5.41) is 9.72. The summed E-state index contributed by atoms with van der Waals surface area (Å²) in [6, 6.07) is 0. The summed E-state index contributed by atoms with van der Waals surface area (Å²) in [4.78, 5) is 23.4. The van der Waals surface area contributed by atoms with Gasteiger partial charge >= 0.3 is 5.97 Å². The van der Waals surface area contributed by atoms with Gasteiger partial charge in [-0.25, -0.2) is 0 Å². The van der Waals surface area contributed by atoms with E-state index in [2.05, 4.69) is 0 Å². The Bertz CT molecular complexity index is 289. The Hall–Kier alpha value is -0.940. The van der Waals surface area contributed by atoms with Gasteiger partial charge in [0.05, 0.1) is 12.5 Å². The largest absolute Gasteiger partial charge is 0.463 e. The van der Waals surface area contributed by atoms with Gasteiger partial charge in [-0.2, -0.15) is 0 Å². The molecule has 1 aliphatic heterocycles. The van der Waals surface area contributed by atoms with E-state index in [0.717, 1.165) is 25.7 Å². The Balaban J connectivity index is 2.68. The van der Waals surface area contributed by atoms with Crippen molar-refractivity contribution in [1.82, 2.24) is 0 Å². The van der Waals surface area contributed by atoms with Crippen LogP contribution in [0.25, 0.3) is 0 Å². The predicted molar refractivity (Wildman–Crippen MR) is 65.1 cm³/mol. The van der Waals surface area contributed by atoms with E-state index >= 15 is 0 Å². The van der Waals surface area contributed by atoms with Crippen molar-refractivity contribution in [2.45, 2.75) is 63.8 Å². The first-order valence-electron chi connectivity index (χ1n) is 6.48. The lowest BCUT2D eigenvalue weighted by Crippen LogP contribution is -2.36. The molecule has 0 bridgehead atoms. The van der Waals surface area contributed by atoms with Gasteiger partial charge in [0.15, 0.2) is 5.78 Å². The second kappa shape index (κ2) is 7.48. The van der Waals surface area contributed by atoms with Crippen molar-refractivity contribution in [2.75, 3.05) is 7.11 Å². The number of aliphatic hydroxyl groups is 1. The molecule has 5 nitrogen and oxygen atoms in total. The molecular formula is C13H22O5. The number of cyclic esters (lactones) is 1. The zero-order valence-electron chi connectivity index (χ0n) is 11.1. The average molecular weight is 258 g/mol. The van der Waals surface area contributed by atoms with Crippen LogP contribution in [0, 0.1) is 0 Å². The highest BCUT2D eigenvalue weighted by Gasteiger charge is 2.28. The van der Waals surface area contributed by atoms with E-state index in [4.69, 9.17) is 9.47 Å². The number of rotatable bonds is 1. The van der Waals surface area contributed by atoms with Gasteiger partial charge in [0, 0.05) is 7.11 Å². The quantitative estimate of drug-likeness (QED) is 0.716. The van der Waals surface area contributed by atoms with Gasteiger partial charge in [0.1, 0.15) is 12.2 Å². The van der Waals surface area contributed by atoms with Crippen LogP contribution in [0.4, 0.5) is 0 Å². The molecule has 0 spiro atoms. The number of ketones is 1. The summed E-state index contributed by atoms with van der Waals surface area (Å²) in [6.45, 7) is 1.85. The van der Waals surface area contributed by atoms with Crippen LogP contribution in [0.2, 0.25) is 0 Å². The number of aliphatic hydroxyl groups excluding tert-OH is 1. The fraction of sp³-hybridized carbons (Fsp3) is 0.846. The third-order valence-electron chi connectivity index (χ3n) is 3.20. The van der Waals surface area contributed by atoms with Gasteiger partial charge in [-0.15, -0.1) is 0 Å². The Morgan fingerprint density at radius 3 is 2.56 bits per heavy atom. The third-order valence-corrected chi connectivity index (χ3v) is 3.20. The highest BCUT2D eigenvalue weighted by molar-refractivity contribution is 5.90. The maximum atomic E-state index is 11.8. The highest BCUT2D eigenvalue weighted by atomic mass is 16.5. The standard InChI is InChI=1S/C13H22O5/c1-9-6-4-3-5-7-10(14)13(16)11(17-2)8-12(15)18-9/h9-11,14H,3-8H2,1-2H3/t9-,10-,11+/m0/s1. The van der Waals surface area contributed by atoms with Gasteiger partial charge in [-0.05, 0) is 26.2 Å². The lowest BCUT2D eigenvalue weighted by Gasteiger charge is -2.20. The van der Waals surface area contributed by atoms with E-state index in [1.807, 2.05) is 6.92 Å². The van der Waals surface area contributed by atoms with Crippen LogP contribution in [-0.4, -0.2) is 42.3 Å². The summed E-state index contributed by atoms with van der Waals surface area (Å²) >= 11 is 0. The topological polar surface area (TPSA) is 72.8 Å². The highest BCUT2D eigenvalue weighted by Crippen LogP contribution is 2.15. The minimum atomic E-state index is -1.04. The summed E-state index contributed by atoms with van der Waals surface area (Å²) in [7, 11) is 1.36. The Morgan fingerprint density at radius 1 is 1.22 bits per heavy atom. The number of methoxy groups -OCH3 is 1. The maximum absolute atomic E-state index is 11.8. The van der Waals surface area contributed by atoms with Crippen molar-refractivity contribution in [3.8, 4) is 0 Å². The first kappa shape index (κ1) is 15.1. The zero-order valence-corrected chi connectivity index (χ0v) is 11.1. The van der Waals surface area contributed by atoms with E-state index in [1.54, 1.807) is 0 Å². The minimum Gasteiger partial charge on any atom is -0.463 e. The molecule has 0 unspecified atom stereocenters. The molecular weight excluding hydrogens is 236 g/mol. The lowest BCUT2D eigenvalue weighted by molar-refractivity contribution is -0.156. The average Bonchev–Trinajstić information content (AvgIpc) is 2.33. The van der Waals surface area contributed by atoms with Crippen LogP contribution in [-0.2, 0) is 19.1 Å². The number of carbonyl (C=O) groups is 2. The molecule has 1 rings (SSSR count). The molecule has 3 atom stereocenters. The molecule has 1 heterocycles. The molecule has 0 aromatic heterocycles. The Kier molecular flexibility index (Phi) is 6.29. The molecule has 1 saturated heterocycles. The molecule has 5 heteroatoms. The van der Waals surface area contributed by atoms with Crippen LogP contribution in [0.1, 0.15) is 45.4 Å². The number of esters is 1. The second-order valence-electron chi connectivity index (χ2n) is 4.79. The van der Waals surface area contributed by atoms with Crippen LogP contribution >= 0.6 is 0 Å². The van der Waals surface area contributed by atoms with Crippen molar-refractivity contribution in [3.63, 3.8) is 0 Å². The maximum Gasteiger partial charge on any atom is 0.309 e. The molecule has 0 aliphatic carbocycles. The molecule has 0 aromatic carbocycles. The number of hydrogen-bond donors (Lipinski definition) is 1. The number of hydrogen-bond acceptors (Lipinski definition) is 5. The molecule has 18 heavy (non-hydrogen) atoms. The van der Waals surface area contributed by atoms with E-state index in [9.17, 15) is 14.7 Å². The molecule has 1 N–H and O–H groups in total. The summed E-state index contributed by atoms with van der Waals surface area (Å²) in [5.74, 6) is -0.877. The van der Waals surface area contributed by atoms with Gasteiger partial charge < -0.3 is 14.6 Å². The smallest absolute Gasteiger partial charge is 0.309 e. The first-order valence-corrected chi connectivity index (χ1v) is 6.48. The number of Topliss-reactive ketones (excluding diaryl/α,β-unsaturated/α-hetero) is 1. The zero-order chi connectivity index (χ0) is 13.5. The van der Waals surface area contributed by atoms with E-state index in [1.165, 1.54) is 7.11 Å². The lowest BCUT2D eigenvalue weighted by atomic mass is 10.00. The fourth-order valence-electron chi connectivity index (χ4n) is 2.09. The van der Waals surface area contributed by atoms with Crippen molar-refractivity contribution >= 4 is 11.8 Å². The van der Waals surface area contributed by atoms with Crippen molar-refractivity contribution < 1.29 is 24.2 Å². The molecule has 0 amide bonds. The fourth-order valence-corrected chi connectivity index (χ4v) is 2.09. The van der Waals surface area contributed by atoms with Crippen molar-refractivity contribution in [2.24, 2.45) is 0 Å². The molecule has 0 saturated carbocycles. The van der Waals surface area contributed by atoms with Crippen LogP contribution in [0.15, 0.2) is 0 Å². The molecule has 0 aromatic rings. The summed E-state index contributed by atoms with van der Waals surface area (Å²) < 4.78 is 10.2. The van der Waals surface area contributed by atoms with E-state index in [-0.39, 0.29) is 12.5 Å². The van der Waals surface area contributed by atoms with Crippen LogP contribution in [0.3, 0.4) is 0 Å². The summed E-state index contributed by atoms with van der Waals surface area (Å²) in [6.07, 6.45) is 1.69. The predicted octanol–water partition coefficient (Wildman–Crippen LogP) is 1.22. The minimum absolute atomic E-state index is 0.128. The van der Waals surface area contributed by atoms with Gasteiger partial charge in [0.25, 0.3) is 0 Å². The molecule has 1 fully saturated rings. The second-order valence-corrected chi connectivity index (χ2v) is 4.79.